The van der Waals surface area contributed by atoms with Gasteiger partial charge in [-0.25, -0.2) is 4.79 Å². The first kappa shape index (κ1) is 12.6. The monoisotopic (exact) mass is 193 g/mol. The van der Waals surface area contributed by atoms with E-state index in [-0.39, 0.29) is 40.9 Å². The van der Waals surface area contributed by atoms with Crippen LogP contribution in [0.3, 0.4) is 0 Å². The van der Waals surface area contributed by atoms with Crippen LogP contribution in [0.15, 0.2) is 4.52 Å². The molecular weight excluding hydrogens is 183 g/mol. The molecule has 0 unspecified atom stereocenters. The van der Waals surface area contributed by atoms with Gasteiger partial charge < -0.3 is 9.63 Å². The maximum Gasteiger partial charge on any atom is 0.394 e. The van der Waals surface area contributed by atoms with E-state index in [1.807, 2.05) is 20.8 Å². The Labute approximate surface area is 97.8 Å². The standard InChI is InChI=1S/C7H10N2O3.Na/c1-7(2,3)6-8-4(5(10)11)12-9-6;/h1-3H3,(H,10,11);. The van der Waals surface area contributed by atoms with Crippen LogP contribution in [0.25, 0.3) is 0 Å². The molecule has 0 bridgehead atoms. The molecule has 67 valence electrons. The third-order valence-electron chi connectivity index (χ3n) is 1.28. The van der Waals surface area contributed by atoms with Crippen LogP contribution in [-0.4, -0.2) is 50.8 Å². The summed E-state index contributed by atoms with van der Waals surface area (Å²) in [7, 11) is 0. The van der Waals surface area contributed by atoms with Crippen LogP contribution in [0.4, 0.5) is 0 Å². The maximum atomic E-state index is 10.3. The number of carbonyl (C=O) groups is 1. The molecule has 0 aliphatic rings. The zero-order valence-electron chi connectivity index (χ0n) is 8.16. The van der Waals surface area contributed by atoms with Crippen LogP contribution in [-0.2, 0) is 5.41 Å². The van der Waals surface area contributed by atoms with Crippen molar-refractivity contribution < 1.29 is 14.4 Å². The van der Waals surface area contributed by atoms with Gasteiger partial charge in [0.1, 0.15) is 0 Å². The number of rotatable bonds is 1. The molecule has 0 aliphatic carbocycles. The second-order valence-electron chi connectivity index (χ2n) is 3.48. The zero-order chi connectivity index (χ0) is 9.35. The molecule has 0 saturated heterocycles. The van der Waals surface area contributed by atoms with Gasteiger partial charge in [-0.15, -0.1) is 0 Å². The third kappa shape index (κ3) is 3.10. The Morgan fingerprint density at radius 3 is 2.23 bits per heavy atom. The fraction of sp³-hybridized carbons (Fsp3) is 0.571. The van der Waals surface area contributed by atoms with E-state index in [4.69, 9.17) is 5.11 Å². The average molecular weight is 193 g/mol. The number of carboxylic acids is 1. The molecule has 0 aliphatic heterocycles. The van der Waals surface area contributed by atoms with Crippen LogP contribution in [0.5, 0.6) is 0 Å². The molecule has 1 rings (SSSR count). The Morgan fingerprint density at radius 2 is 2.00 bits per heavy atom. The molecule has 0 fully saturated rings. The van der Waals surface area contributed by atoms with Crippen molar-refractivity contribution in [1.82, 2.24) is 10.1 Å². The molecule has 1 aromatic rings. The number of carboxylic acid groups (broad SMARTS) is 1. The van der Waals surface area contributed by atoms with Gasteiger partial charge in [-0.05, 0) is 0 Å². The van der Waals surface area contributed by atoms with Gasteiger partial charge in [-0.2, -0.15) is 4.98 Å². The summed E-state index contributed by atoms with van der Waals surface area (Å²) in [5.41, 5.74) is -0.281. The van der Waals surface area contributed by atoms with Crippen molar-refractivity contribution >= 4 is 35.5 Å². The van der Waals surface area contributed by atoms with Gasteiger partial charge in [-0.1, -0.05) is 25.9 Å². The summed E-state index contributed by atoms with van der Waals surface area (Å²) in [6.07, 6.45) is 0. The SMILES string of the molecule is CC(C)(C)c1noc(C(=O)O)n1.[Na]. The maximum absolute atomic E-state index is 10.3. The van der Waals surface area contributed by atoms with Gasteiger partial charge in [0.2, 0.25) is 0 Å². The number of hydrogen-bond donors (Lipinski definition) is 1. The molecule has 0 spiro atoms. The topological polar surface area (TPSA) is 76.2 Å². The predicted octanol–water partition coefficient (Wildman–Crippen LogP) is 0.684. The van der Waals surface area contributed by atoms with Crippen molar-refractivity contribution in [2.45, 2.75) is 26.2 Å². The smallest absolute Gasteiger partial charge is 0.394 e. The second kappa shape index (κ2) is 4.21. The molecule has 0 atom stereocenters. The van der Waals surface area contributed by atoms with E-state index in [2.05, 4.69) is 14.7 Å². The molecule has 0 amide bonds. The minimum atomic E-state index is -1.20. The van der Waals surface area contributed by atoms with Crippen LogP contribution in [0.2, 0.25) is 0 Å². The van der Waals surface area contributed by atoms with Crippen LogP contribution >= 0.6 is 0 Å². The summed E-state index contributed by atoms with van der Waals surface area (Å²) in [6, 6.07) is 0. The molecule has 5 nitrogen and oxygen atoms in total. The van der Waals surface area contributed by atoms with Crippen molar-refractivity contribution in [2.75, 3.05) is 0 Å². The van der Waals surface area contributed by atoms with Crippen molar-refractivity contribution in [1.29, 1.82) is 0 Å². The molecule has 1 heterocycles. The van der Waals surface area contributed by atoms with Crippen molar-refractivity contribution in [3.05, 3.63) is 11.7 Å². The minimum Gasteiger partial charge on any atom is -0.474 e. The van der Waals surface area contributed by atoms with E-state index in [1.165, 1.54) is 0 Å². The predicted molar refractivity (Wildman–Crippen MR) is 45.7 cm³/mol. The number of aromatic carboxylic acids is 1. The molecule has 1 aromatic heterocycles. The summed E-state index contributed by atoms with van der Waals surface area (Å²) in [5, 5.41) is 12.0. The van der Waals surface area contributed by atoms with E-state index >= 15 is 0 Å². The summed E-state index contributed by atoms with van der Waals surface area (Å²) in [6.45, 7) is 5.64. The van der Waals surface area contributed by atoms with Gasteiger partial charge in [0.15, 0.2) is 5.82 Å². The van der Waals surface area contributed by atoms with Gasteiger partial charge >= 0.3 is 11.9 Å². The summed E-state index contributed by atoms with van der Waals surface area (Å²) in [4.78, 5) is 14.0. The first-order chi connectivity index (χ1) is 5.41. The Kier molecular flexibility index (Phi) is 4.09. The van der Waals surface area contributed by atoms with E-state index < -0.39 is 5.97 Å². The Morgan fingerprint density at radius 1 is 1.46 bits per heavy atom. The quantitative estimate of drug-likeness (QED) is 0.664. The molecule has 6 heteroatoms. The first-order valence-electron chi connectivity index (χ1n) is 3.49. The van der Waals surface area contributed by atoms with E-state index in [0.717, 1.165) is 0 Å². The van der Waals surface area contributed by atoms with E-state index in [9.17, 15) is 4.79 Å². The van der Waals surface area contributed by atoms with E-state index in [0.29, 0.717) is 5.82 Å². The normalized spacial score (nSPS) is 10.7. The fourth-order valence-corrected chi connectivity index (χ4v) is 0.615. The number of nitrogens with zero attached hydrogens (tertiary/aromatic N) is 2. The summed E-state index contributed by atoms with van der Waals surface area (Å²) >= 11 is 0. The zero-order valence-corrected chi connectivity index (χ0v) is 10.2. The molecular formula is C7H10N2NaO3. The second-order valence-corrected chi connectivity index (χ2v) is 3.48. The molecule has 1 radical (unpaired) electrons. The van der Waals surface area contributed by atoms with Gasteiger partial charge in [0.25, 0.3) is 0 Å². The van der Waals surface area contributed by atoms with Crippen LogP contribution in [0.1, 0.15) is 37.3 Å². The Hall–Kier alpha value is -0.390. The fourth-order valence-electron chi connectivity index (χ4n) is 0.615. The Balaban J connectivity index is 0.00000144. The summed E-state index contributed by atoms with van der Waals surface area (Å²) < 4.78 is 4.49. The van der Waals surface area contributed by atoms with Gasteiger partial charge in [-0.3, -0.25) is 0 Å². The van der Waals surface area contributed by atoms with Crippen molar-refractivity contribution in [3.63, 3.8) is 0 Å². The molecule has 13 heavy (non-hydrogen) atoms. The molecule has 0 aromatic carbocycles. The average Bonchev–Trinajstić information content (AvgIpc) is 2.30. The van der Waals surface area contributed by atoms with Crippen molar-refractivity contribution in [3.8, 4) is 0 Å². The van der Waals surface area contributed by atoms with Crippen LogP contribution in [0, 0.1) is 0 Å². The van der Waals surface area contributed by atoms with Crippen LogP contribution < -0.4 is 0 Å². The largest absolute Gasteiger partial charge is 0.474 e. The third-order valence-corrected chi connectivity index (χ3v) is 1.28. The number of aromatic nitrogens is 2. The van der Waals surface area contributed by atoms with Gasteiger partial charge in [0.05, 0.1) is 0 Å². The minimum absolute atomic E-state index is 0. The molecule has 1 N–H and O–H groups in total. The van der Waals surface area contributed by atoms with Crippen molar-refractivity contribution in [2.24, 2.45) is 0 Å². The number of hydrogen-bond acceptors (Lipinski definition) is 4. The molecule has 0 saturated carbocycles. The van der Waals surface area contributed by atoms with E-state index in [1.54, 1.807) is 0 Å². The first-order valence-corrected chi connectivity index (χ1v) is 3.49. The summed E-state index contributed by atoms with van der Waals surface area (Å²) in [5.74, 6) is -1.15. The Bertz CT molecular complexity index is 303. The van der Waals surface area contributed by atoms with Gasteiger partial charge in [0, 0.05) is 35.0 Å².